The van der Waals surface area contributed by atoms with Crippen LogP contribution in [0.2, 0.25) is 10.0 Å². The van der Waals surface area contributed by atoms with Crippen molar-refractivity contribution < 1.29 is 113 Å². The van der Waals surface area contributed by atoms with Crippen LogP contribution < -0.4 is 56.7 Å². The van der Waals surface area contributed by atoms with Crippen molar-refractivity contribution in [1.82, 2.24) is 101 Å². The van der Waals surface area contributed by atoms with E-state index in [2.05, 4.69) is 46.7 Å². The van der Waals surface area contributed by atoms with Crippen LogP contribution in [0.4, 0.5) is 9.59 Å². The molecule has 12 N–H and O–H groups in total. The summed E-state index contributed by atoms with van der Waals surface area (Å²) in [6.07, 6.45) is -1.46. The van der Waals surface area contributed by atoms with Crippen LogP contribution in [-0.2, 0) is 114 Å². The molecule has 818 valence electrons. The highest BCUT2D eigenvalue weighted by atomic mass is 35.5. The Labute approximate surface area is 875 Å². The average molecular weight is 2150 g/mol. The minimum absolute atomic E-state index is 0.00863. The molecule has 0 aliphatic carbocycles. The van der Waals surface area contributed by atoms with Crippen molar-refractivity contribution in [2.45, 2.75) is 213 Å². The predicted octanol–water partition coefficient (Wildman–Crippen LogP) is 2.85. The fourth-order valence-electron chi connectivity index (χ4n) is 15.8. The van der Waals surface area contributed by atoms with Crippen molar-refractivity contribution in [2.24, 2.45) is 11.8 Å². The van der Waals surface area contributed by atoms with Gasteiger partial charge in [-0.15, -0.1) is 0 Å². The van der Waals surface area contributed by atoms with Crippen molar-refractivity contribution >= 4 is 156 Å². The van der Waals surface area contributed by atoms with E-state index in [9.17, 15) is 79.2 Å². The summed E-state index contributed by atoms with van der Waals surface area (Å²) in [6, 6.07) is 8.82. The first-order valence-corrected chi connectivity index (χ1v) is 51.9. The number of halogens is 2. The summed E-state index contributed by atoms with van der Waals surface area (Å²) in [5, 5.41) is 39.3. The number of urea groups is 1. The number of likely N-dealkylation sites (N-methyl/N-ethyl adjacent to an activating group) is 9. The lowest BCUT2D eigenvalue weighted by atomic mass is 9.96. The van der Waals surface area contributed by atoms with Gasteiger partial charge in [0.1, 0.15) is 67.3 Å². The molecular weight excluding hydrogens is 2000 g/mol. The molecular formula is C98H146Cl2N22O24S2. The largest absolute Gasteiger partial charge is 0.489 e. The molecule has 46 nitrogen and oxygen atoms in total. The normalized spacial score (nSPS) is 13.5. The number of aryl methyl sites for hydroxylation is 6. The van der Waals surface area contributed by atoms with Crippen LogP contribution in [0.3, 0.4) is 0 Å². The number of hydrogen-bond donors (Lipinski definition) is 12. The number of nitrogens with zero attached hydrogens (tertiary/aromatic N) is 10. The average Bonchev–Trinajstić information content (AvgIpc) is 0.988. The van der Waals surface area contributed by atoms with E-state index in [-0.39, 0.29) is 99.9 Å². The number of carbonyl (C=O) groups excluding carboxylic acids is 17. The van der Waals surface area contributed by atoms with Crippen molar-refractivity contribution in [1.29, 1.82) is 10.8 Å². The maximum Gasteiger partial charge on any atom is 0.414 e. The maximum atomic E-state index is 15.7. The van der Waals surface area contributed by atoms with Crippen LogP contribution in [0.25, 0.3) is 0 Å². The van der Waals surface area contributed by atoms with Gasteiger partial charge >= 0.3 is 18.1 Å². The molecule has 0 unspecified atom stereocenters. The quantitative estimate of drug-likeness (QED) is 0.0131. The van der Waals surface area contributed by atoms with Gasteiger partial charge in [0.05, 0.1) is 62.2 Å². The van der Waals surface area contributed by atoms with E-state index >= 15 is 19.2 Å². The van der Waals surface area contributed by atoms with E-state index in [1.165, 1.54) is 68.3 Å². The lowest BCUT2D eigenvalue weighted by molar-refractivity contribution is -0.148. The van der Waals surface area contributed by atoms with E-state index < -0.39 is 239 Å². The third-order valence-corrected chi connectivity index (χ3v) is 27.8. The van der Waals surface area contributed by atoms with E-state index in [4.69, 9.17) is 48.2 Å². The molecule has 1 heterocycles. The second kappa shape index (κ2) is 57.7. The Balaban J connectivity index is 1.38. The van der Waals surface area contributed by atoms with Gasteiger partial charge in [0.25, 0.3) is 20.0 Å². The second-order valence-electron chi connectivity index (χ2n) is 38.4. The van der Waals surface area contributed by atoms with Gasteiger partial charge in [0.15, 0.2) is 0 Å². The van der Waals surface area contributed by atoms with Crippen LogP contribution in [0.15, 0.2) is 76.5 Å². The molecule has 1 aliphatic rings. The van der Waals surface area contributed by atoms with Crippen molar-refractivity contribution in [3.05, 3.63) is 121 Å². The Kier molecular flexibility index (Phi) is 48.7. The van der Waals surface area contributed by atoms with E-state index in [0.29, 0.717) is 55.6 Å². The van der Waals surface area contributed by atoms with Gasteiger partial charge in [-0.3, -0.25) is 83.3 Å². The van der Waals surface area contributed by atoms with Crippen molar-refractivity contribution in [3.63, 3.8) is 0 Å². The highest BCUT2D eigenvalue weighted by Crippen LogP contribution is 2.29. The van der Waals surface area contributed by atoms with Gasteiger partial charge in [0.2, 0.25) is 94.6 Å². The van der Waals surface area contributed by atoms with Crippen LogP contribution in [-0.4, -0.2) is 369 Å². The maximum absolute atomic E-state index is 15.7. The minimum Gasteiger partial charge on any atom is -0.489 e. The van der Waals surface area contributed by atoms with Crippen LogP contribution >= 0.6 is 23.2 Å². The first-order valence-electron chi connectivity index (χ1n) is 48.1. The number of nitrogens with one attached hydrogen (secondary N) is 12. The van der Waals surface area contributed by atoms with Crippen molar-refractivity contribution in [3.8, 4) is 5.75 Å². The third-order valence-electron chi connectivity index (χ3n) is 23.7. The lowest BCUT2D eigenvalue weighted by Crippen LogP contribution is -2.60. The molecule has 148 heavy (non-hydrogen) atoms. The molecule has 4 aromatic rings. The molecule has 0 radical (unpaired) electrons. The lowest BCUT2D eigenvalue weighted by Gasteiger charge is -2.31. The Morgan fingerprint density at radius 2 is 0.892 bits per heavy atom. The van der Waals surface area contributed by atoms with E-state index in [1.807, 2.05) is 19.2 Å². The number of alkyl carbamates (subject to hydrolysis) is 1. The molecule has 1 fully saturated rings. The molecule has 1 aliphatic heterocycles. The van der Waals surface area contributed by atoms with Crippen LogP contribution in [0, 0.1) is 64.2 Å². The summed E-state index contributed by atoms with van der Waals surface area (Å²) in [4.78, 5) is 245. The second-order valence-corrected chi connectivity index (χ2v) is 42.5. The zero-order valence-corrected chi connectivity index (χ0v) is 91.7. The van der Waals surface area contributed by atoms with Gasteiger partial charge in [-0.1, -0.05) is 111 Å². The Morgan fingerprint density at radius 1 is 0.493 bits per heavy atom. The zero-order chi connectivity index (χ0) is 112. The summed E-state index contributed by atoms with van der Waals surface area (Å²) in [7, 11) is 2.53. The number of guanidine groups is 2. The number of amides is 17. The molecule has 1 saturated heterocycles. The monoisotopic (exact) mass is 2150 g/mol. The molecule has 0 spiro atoms. The number of ether oxygens (including phenoxy) is 3. The summed E-state index contributed by atoms with van der Waals surface area (Å²) < 4.78 is 76.1. The summed E-state index contributed by atoms with van der Waals surface area (Å²) in [5.74, 6) is -13.8. The fraction of sp³-hybridized carbons (Fsp3) is 0.561. The van der Waals surface area contributed by atoms with Gasteiger partial charge < -0.3 is 100 Å². The highest BCUT2D eigenvalue weighted by molar-refractivity contribution is 7.90. The van der Waals surface area contributed by atoms with Gasteiger partial charge in [-0.25, -0.2) is 40.7 Å². The smallest absolute Gasteiger partial charge is 0.414 e. The number of benzene rings is 4. The number of esters is 1. The molecule has 4 aromatic carbocycles. The Morgan fingerprint density at radius 3 is 1.31 bits per heavy atom. The molecule has 5 rings (SSSR count). The molecule has 7 atom stereocenters. The fourth-order valence-corrected chi connectivity index (χ4v) is 19.1. The van der Waals surface area contributed by atoms with Gasteiger partial charge in [0, 0.05) is 105 Å². The molecule has 0 bridgehead atoms. The predicted molar refractivity (Wildman–Crippen MR) is 551 cm³/mol. The van der Waals surface area contributed by atoms with Crippen LogP contribution in [0.5, 0.6) is 5.75 Å². The zero-order valence-electron chi connectivity index (χ0n) is 88.6. The SMILES string of the molecule is CCOC(=O)[C@H](CC(C)C)NC(=O)[C@@H](NC(=O)[C@H](Cc1ccc(OCc2c(Cl)cccc2Cl)cc1)NC(=O)[C@@H]1CCCN1C(=O)[C@H](CCCNC(=N)NS(=O)(=O)c1c(C)cc(C)cc1C)NC(=O)[C@H](CCCNC(=N)NS(=O)(=O)c1c(C)cc(C)cc1C)NC(=O)CN(C)C(=O)CN(C)C(=O)CN(C)C(=O)CN(C)C(=O)CN(C)C(=O)CN(C)C(=O)CN(C)C(=O)CN(C)C(=O)N(C)CC(=O)NC(=O)OC(C)(C)C)[C@@H](C)CC. The summed E-state index contributed by atoms with van der Waals surface area (Å²) in [6.45, 7) is 17.4. The number of hydrogen-bond acceptors (Lipinski definition) is 26. The molecule has 17 amide bonds. The minimum atomic E-state index is -4.37. The summed E-state index contributed by atoms with van der Waals surface area (Å²) >= 11 is 12.9. The molecule has 0 aromatic heterocycles. The van der Waals surface area contributed by atoms with Crippen molar-refractivity contribution in [2.75, 3.05) is 149 Å². The first-order chi connectivity index (χ1) is 69.0. The number of sulfonamides is 2. The van der Waals surface area contributed by atoms with E-state index in [1.54, 1.807) is 150 Å². The van der Waals surface area contributed by atoms with E-state index in [0.717, 1.165) is 55.2 Å². The number of likely N-dealkylation sites (tertiary alicyclic amines) is 1. The van der Waals surface area contributed by atoms with Gasteiger partial charge in [-0.05, 0) is 178 Å². The summed E-state index contributed by atoms with van der Waals surface area (Å²) in [5.41, 5.74) is 3.30. The third kappa shape index (κ3) is 39.9. The topological polar surface area (TPSA) is 587 Å². The Hall–Kier alpha value is -13.5. The number of rotatable bonds is 51. The van der Waals surface area contributed by atoms with Gasteiger partial charge in [-0.2, -0.15) is 0 Å². The highest BCUT2D eigenvalue weighted by Gasteiger charge is 2.42. The Bertz CT molecular complexity index is 5670. The standard InChI is InChI=1S/C98H146Cl2N22O24S2/c1-24-61(7)85(91(135)108-74(42-58(3)4)93(137)144-25-2)110-89(133)73(47-66-35-37-67(38-36-66)145-57-68-69(99)30-26-31-70(68)100)107-90(134)75-34-29-41-122(75)92(136)72(33-28-40-104-95(102)112-148(142,143)87-64(10)45-60(6)46-65(87)11)106-88(132)71(32-27-39-103-94(101)111-147(140,141)86-62(8)43-59(5)44-63(86)9)105-76(123)48-113(15)78(125)50-114(16)79(126)51-115(17)80(127)52-116(18)81(128)53-117(19)82(129)54-118(20)83(130)55-119(21)84(131)56-121(23)97(139)120(22)49-77(124)109-96(138)146-98(12,13)14/h26,30-31,35-38,43-46,58,61,71-75,85H,24-25,27-29,32-34,39-42,47-57H2,1-23H3,(H,105,123)(H,106,132)(H,107,134)(H,108,135)(H,110,133)(H3,101,103,111)(H3,102,104,112)(H,109,124,138)/t61-,71-,72-,73-,74-,75-,85-/m0/s1. The van der Waals surface area contributed by atoms with Crippen LogP contribution in [0.1, 0.15) is 151 Å². The molecule has 0 saturated carbocycles. The first kappa shape index (κ1) is 125. The molecule has 50 heteroatoms. The number of carbonyl (C=O) groups is 17. The number of imide groups is 1.